The molecule has 0 radical (unpaired) electrons. The van der Waals surface area contributed by atoms with Crippen molar-refractivity contribution in [1.82, 2.24) is 0 Å². The number of hydrogen-bond acceptors (Lipinski definition) is 1. The highest BCUT2D eigenvalue weighted by atomic mass is 16.2. The van der Waals surface area contributed by atoms with Gasteiger partial charge in [-0.1, -0.05) is 62.4 Å². The standard InChI is InChI=1S/C20H21NO/c1-20(2)14-15-21(18-11-7-6-10-17(18)20)19(22)13-12-16-8-4-3-5-9-16/h3-13H,14-15H2,1-2H3/b13-12+. The Balaban J connectivity index is 1.87. The topological polar surface area (TPSA) is 20.3 Å². The minimum Gasteiger partial charge on any atom is -0.309 e. The number of carbonyl (C=O) groups is 1. The van der Waals surface area contributed by atoms with Crippen molar-refractivity contribution in [2.24, 2.45) is 0 Å². The van der Waals surface area contributed by atoms with Crippen LogP contribution in [-0.2, 0) is 10.2 Å². The highest BCUT2D eigenvalue weighted by Crippen LogP contribution is 2.39. The Hall–Kier alpha value is -2.35. The molecule has 2 aromatic rings. The Morgan fingerprint density at radius 2 is 1.73 bits per heavy atom. The number of benzene rings is 2. The van der Waals surface area contributed by atoms with Gasteiger partial charge in [0.15, 0.2) is 0 Å². The van der Waals surface area contributed by atoms with Crippen molar-refractivity contribution in [2.75, 3.05) is 11.4 Å². The molecule has 0 spiro atoms. The molecule has 2 nitrogen and oxygen atoms in total. The van der Waals surface area contributed by atoms with Gasteiger partial charge in [0.05, 0.1) is 0 Å². The van der Waals surface area contributed by atoms with Crippen LogP contribution >= 0.6 is 0 Å². The summed E-state index contributed by atoms with van der Waals surface area (Å²) in [6, 6.07) is 18.2. The number of fused-ring (bicyclic) bond motifs is 1. The maximum atomic E-state index is 12.6. The highest BCUT2D eigenvalue weighted by Gasteiger charge is 2.32. The zero-order valence-electron chi connectivity index (χ0n) is 13.1. The third-order valence-electron chi connectivity index (χ3n) is 4.37. The first kappa shape index (κ1) is 14.6. The molecule has 0 N–H and O–H groups in total. The summed E-state index contributed by atoms with van der Waals surface area (Å²) in [4.78, 5) is 14.5. The lowest BCUT2D eigenvalue weighted by Gasteiger charge is -2.38. The van der Waals surface area contributed by atoms with Crippen molar-refractivity contribution >= 4 is 17.7 Å². The summed E-state index contributed by atoms with van der Waals surface area (Å²) in [6.07, 6.45) is 4.53. The van der Waals surface area contributed by atoms with Crippen LogP contribution in [0.5, 0.6) is 0 Å². The van der Waals surface area contributed by atoms with Crippen LogP contribution in [0, 0.1) is 0 Å². The van der Waals surface area contributed by atoms with E-state index in [0.29, 0.717) is 0 Å². The largest absolute Gasteiger partial charge is 0.309 e. The number of amides is 1. The molecule has 3 rings (SSSR count). The lowest BCUT2D eigenvalue weighted by Crippen LogP contribution is -2.40. The molecule has 2 heteroatoms. The van der Waals surface area contributed by atoms with Gasteiger partial charge in [-0.2, -0.15) is 0 Å². The van der Waals surface area contributed by atoms with E-state index in [2.05, 4.69) is 19.9 Å². The molecule has 0 bridgehead atoms. The van der Waals surface area contributed by atoms with Gasteiger partial charge in [0.25, 0.3) is 5.91 Å². The second-order valence-corrected chi connectivity index (χ2v) is 6.38. The van der Waals surface area contributed by atoms with E-state index >= 15 is 0 Å². The van der Waals surface area contributed by atoms with E-state index in [1.54, 1.807) is 6.08 Å². The first-order valence-corrected chi connectivity index (χ1v) is 7.72. The molecule has 0 saturated heterocycles. The molecule has 0 aliphatic carbocycles. The summed E-state index contributed by atoms with van der Waals surface area (Å²) in [5, 5.41) is 0. The van der Waals surface area contributed by atoms with E-state index in [9.17, 15) is 4.79 Å². The zero-order chi connectivity index (χ0) is 15.6. The predicted octanol–water partition coefficient (Wildman–Crippen LogP) is 4.41. The summed E-state index contributed by atoms with van der Waals surface area (Å²) in [5.74, 6) is 0.0480. The van der Waals surface area contributed by atoms with E-state index in [4.69, 9.17) is 0 Å². The van der Waals surface area contributed by atoms with E-state index in [0.717, 1.165) is 24.2 Å². The maximum Gasteiger partial charge on any atom is 0.250 e. The van der Waals surface area contributed by atoms with Crippen LogP contribution in [-0.4, -0.2) is 12.5 Å². The molecule has 1 heterocycles. The fraction of sp³-hybridized carbons (Fsp3) is 0.250. The fourth-order valence-corrected chi connectivity index (χ4v) is 2.98. The number of carbonyl (C=O) groups excluding carboxylic acids is 1. The molecule has 0 atom stereocenters. The predicted molar refractivity (Wildman–Crippen MR) is 91.9 cm³/mol. The molecule has 1 aliphatic heterocycles. The Kier molecular flexibility index (Phi) is 3.84. The molecule has 1 amide bonds. The van der Waals surface area contributed by atoms with Crippen molar-refractivity contribution in [2.45, 2.75) is 25.7 Å². The van der Waals surface area contributed by atoms with Crippen LogP contribution in [0.2, 0.25) is 0 Å². The van der Waals surface area contributed by atoms with Gasteiger partial charge < -0.3 is 4.90 Å². The molecular formula is C20H21NO. The molecular weight excluding hydrogens is 270 g/mol. The Morgan fingerprint density at radius 3 is 2.50 bits per heavy atom. The van der Waals surface area contributed by atoms with Gasteiger partial charge in [-0.3, -0.25) is 4.79 Å². The fourth-order valence-electron chi connectivity index (χ4n) is 2.98. The highest BCUT2D eigenvalue weighted by molar-refractivity contribution is 6.04. The monoisotopic (exact) mass is 291 g/mol. The van der Waals surface area contributed by atoms with Crippen LogP contribution < -0.4 is 4.90 Å². The smallest absolute Gasteiger partial charge is 0.250 e. The van der Waals surface area contributed by atoms with Gasteiger partial charge in [-0.25, -0.2) is 0 Å². The second-order valence-electron chi connectivity index (χ2n) is 6.38. The summed E-state index contributed by atoms with van der Waals surface area (Å²) in [5.41, 5.74) is 3.46. The van der Waals surface area contributed by atoms with Crippen molar-refractivity contribution in [3.05, 3.63) is 71.8 Å². The number of anilines is 1. The van der Waals surface area contributed by atoms with Crippen LogP contribution in [0.25, 0.3) is 6.08 Å². The van der Waals surface area contributed by atoms with Crippen LogP contribution in [0.4, 0.5) is 5.69 Å². The van der Waals surface area contributed by atoms with Crippen LogP contribution in [0.15, 0.2) is 60.7 Å². The summed E-state index contributed by atoms with van der Waals surface area (Å²) in [7, 11) is 0. The third kappa shape index (κ3) is 2.82. The van der Waals surface area contributed by atoms with Gasteiger partial charge >= 0.3 is 0 Å². The number of rotatable bonds is 2. The molecule has 0 unspecified atom stereocenters. The van der Waals surface area contributed by atoms with Crippen molar-refractivity contribution in [1.29, 1.82) is 0 Å². The number of nitrogens with zero attached hydrogens (tertiary/aromatic N) is 1. The van der Waals surface area contributed by atoms with Crippen molar-refractivity contribution < 1.29 is 4.79 Å². The van der Waals surface area contributed by atoms with E-state index < -0.39 is 0 Å². The molecule has 22 heavy (non-hydrogen) atoms. The normalized spacial score (nSPS) is 16.5. The molecule has 1 aliphatic rings. The van der Waals surface area contributed by atoms with Gasteiger partial charge in [-0.15, -0.1) is 0 Å². The van der Waals surface area contributed by atoms with Gasteiger partial charge in [0.2, 0.25) is 0 Å². The molecule has 0 aromatic heterocycles. The molecule has 2 aromatic carbocycles. The summed E-state index contributed by atoms with van der Waals surface area (Å²) >= 11 is 0. The average molecular weight is 291 g/mol. The molecule has 0 fully saturated rings. The second kappa shape index (κ2) is 5.80. The number of para-hydroxylation sites is 1. The lowest BCUT2D eigenvalue weighted by molar-refractivity contribution is -0.114. The first-order valence-electron chi connectivity index (χ1n) is 7.72. The minimum absolute atomic E-state index is 0.0480. The minimum atomic E-state index is 0.0480. The van der Waals surface area contributed by atoms with Gasteiger partial charge in [-0.05, 0) is 35.1 Å². The van der Waals surface area contributed by atoms with Crippen LogP contribution in [0.3, 0.4) is 0 Å². The van der Waals surface area contributed by atoms with Crippen LogP contribution in [0.1, 0.15) is 31.4 Å². The average Bonchev–Trinajstić information content (AvgIpc) is 2.54. The SMILES string of the molecule is CC1(C)CCN(C(=O)/C=C/c2ccccc2)c2ccccc21. The summed E-state index contributed by atoms with van der Waals surface area (Å²) < 4.78 is 0. The van der Waals surface area contributed by atoms with Crippen molar-refractivity contribution in [3.8, 4) is 0 Å². The lowest BCUT2D eigenvalue weighted by atomic mass is 9.77. The first-order chi connectivity index (χ1) is 10.6. The number of hydrogen-bond donors (Lipinski definition) is 0. The third-order valence-corrected chi connectivity index (χ3v) is 4.37. The van der Waals surface area contributed by atoms with Crippen molar-refractivity contribution in [3.63, 3.8) is 0 Å². The Morgan fingerprint density at radius 1 is 1.05 bits per heavy atom. The van der Waals surface area contributed by atoms with E-state index in [-0.39, 0.29) is 11.3 Å². The Bertz CT molecular complexity index is 701. The maximum absolute atomic E-state index is 12.6. The van der Waals surface area contributed by atoms with E-state index in [1.807, 2.05) is 59.5 Å². The summed E-state index contributed by atoms with van der Waals surface area (Å²) in [6.45, 7) is 5.25. The molecule has 0 saturated carbocycles. The van der Waals surface area contributed by atoms with E-state index in [1.165, 1.54) is 5.56 Å². The molecule has 112 valence electrons. The van der Waals surface area contributed by atoms with Gasteiger partial charge in [0.1, 0.15) is 0 Å². The van der Waals surface area contributed by atoms with Gasteiger partial charge in [0, 0.05) is 18.3 Å². The zero-order valence-corrected chi connectivity index (χ0v) is 13.1. The Labute approximate surface area is 132 Å². The quantitative estimate of drug-likeness (QED) is 0.750.